The SMILES string of the molecule is NC(=O)[C@H](Cc1ccc(-c2ccccc2)cc1)NC(=O)C1CCCCC1. The lowest BCUT2D eigenvalue weighted by Crippen LogP contribution is -2.48. The Labute approximate surface area is 154 Å². The quantitative estimate of drug-likeness (QED) is 0.837. The number of rotatable bonds is 6. The lowest BCUT2D eigenvalue weighted by molar-refractivity contribution is -0.130. The summed E-state index contributed by atoms with van der Waals surface area (Å²) in [5.41, 5.74) is 8.78. The van der Waals surface area contributed by atoms with Crippen LogP contribution in [0.15, 0.2) is 54.6 Å². The van der Waals surface area contributed by atoms with E-state index in [-0.39, 0.29) is 11.8 Å². The third kappa shape index (κ3) is 4.72. The van der Waals surface area contributed by atoms with E-state index in [2.05, 4.69) is 17.4 Å². The van der Waals surface area contributed by atoms with Gasteiger partial charge in [0.05, 0.1) is 0 Å². The van der Waals surface area contributed by atoms with Crippen molar-refractivity contribution in [3.05, 3.63) is 60.2 Å². The topological polar surface area (TPSA) is 72.2 Å². The molecule has 3 rings (SSSR count). The number of carbonyl (C=O) groups excluding carboxylic acids is 2. The molecule has 26 heavy (non-hydrogen) atoms. The molecule has 1 aliphatic rings. The van der Waals surface area contributed by atoms with Gasteiger partial charge in [0.15, 0.2) is 0 Å². The van der Waals surface area contributed by atoms with E-state index >= 15 is 0 Å². The molecule has 0 spiro atoms. The van der Waals surface area contributed by atoms with E-state index < -0.39 is 11.9 Å². The number of carbonyl (C=O) groups is 2. The van der Waals surface area contributed by atoms with Crippen LogP contribution in [0.2, 0.25) is 0 Å². The van der Waals surface area contributed by atoms with E-state index in [1.165, 1.54) is 6.42 Å². The largest absolute Gasteiger partial charge is 0.368 e. The molecule has 136 valence electrons. The molecule has 2 amide bonds. The summed E-state index contributed by atoms with van der Waals surface area (Å²) >= 11 is 0. The molecule has 4 heteroatoms. The van der Waals surface area contributed by atoms with Crippen LogP contribution < -0.4 is 11.1 Å². The maximum Gasteiger partial charge on any atom is 0.240 e. The predicted molar refractivity (Wildman–Crippen MR) is 103 cm³/mol. The Morgan fingerprint density at radius 3 is 2.15 bits per heavy atom. The molecule has 4 nitrogen and oxygen atoms in total. The van der Waals surface area contributed by atoms with Crippen LogP contribution in [-0.4, -0.2) is 17.9 Å². The summed E-state index contributed by atoms with van der Waals surface area (Å²) in [6.07, 6.45) is 5.59. The Kier molecular flexibility index (Phi) is 6.05. The zero-order chi connectivity index (χ0) is 18.4. The van der Waals surface area contributed by atoms with Gasteiger partial charge in [0.25, 0.3) is 0 Å². The molecule has 0 aliphatic heterocycles. The smallest absolute Gasteiger partial charge is 0.240 e. The average Bonchev–Trinajstić information content (AvgIpc) is 2.69. The summed E-state index contributed by atoms with van der Waals surface area (Å²) in [6.45, 7) is 0. The molecule has 1 fully saturated rings. The summed E-state index contributed by atoms with van der Waals surface area (Å²) in [5, 5.41) is 2.87. The van der Waals surface area contributed by atoms with Gasteiger partial charge in [0.1, 0.15) is 6.04 Å². The molecule has 0 saturated heterocycles. The Hall–Kier alpha value is -2.62. The van der Waals surface area contributed by atoms with Crippen LogP contribution in [0.1, 0.15) is 37.7 Å². The second-order valence-electron chi connectivity index (χ2n) is 7.07. The van der Waals surface area contributed by atoms with E-state index in [0.29, 0.717) is 6.42 Å². The second-order valence-corrected chi connectivity index (χ2v) is 7.07. The Balaban J connectivity index is 1.64. The number of hydrogen-bond acceptors (Lipinski definition) is 2. The van der Waals surface area contributed by atoms with Crippen molar-refractivity contribution in [2.75, 3.05) is 0 Å². The van der Waals surface area contributed by atoms with Crippen LogP contribution in [0.5, 0.6) is 0 Å². The number of benzene rings is 2. The highest BCUT2D eigenvalue weighted by molar-refractivity contribution is 5.87. The van der Waals surface area contributed by atoms with Crippen molar-refractivity contribution in [1.82, 2.24) is 5.32 Å². The first-order valence-corrected chi connectivity index (χ1v) is 9.37. The van der Waals surface area contributed by atoms with Crippen LogP contribution in [0.25, 0.3) is 11.1 Å². The highest BCUT2D eigenvalue weighted by Gasteiger charge is 2.25. The van der Waals surface area contributed by atoms with Gasteiger partial charge >= 0.3 is 0 Å². The van der Waals surface area contributed by atoms with Crippen LogP contribution in [0.3, 0.4) is 0 Å². The first-order valence-electron chi connectivity index (χ1n) is 9.37. The van der Waals surface area contributed by atoms with Crippen molar-refractivity contribution < 1.29 is 9.59 Å². The molecule has 0 heterocycles. The van der Waals surface area contributed by atoms with Gasteiger partial charge in [-0.3, -0.25) is 9.59 Å². The monoisotopic (exact) mass is 350 g/mol. The standard InChI is InChI=1S/C22H26N2O2/c23-21(25)20(24-22(26)19-9-5-2-6-10-19)15-16-11-13-18(14-12-16)17-7-3-1-4-8-17/h1,3-4,7-8,11-14,19-20H,2,5-6,9-10,15H2,(H2,23,25)(H,24,26)/t20-/m0/s1. The minimum absolute atomic E-state index is 0.0195. The zero-order valence-corrected chi connectivity index (χ0v) is 15.0. The van der Waals surface area contributed by atoms with Crippen molar-refractivity contribution in [3.63, 3.8) is 0 Å². The van der Waals surface area contributed by atoms with Crippen LogP contribution >= 0.6 is 0 Å². The molecule has 3 N–H and O–H groups in total. The summed E-state index contributed by atoms with van der Waals surface area (Å²) in [6, 6.07) is 17.5. The minimum Gasteiger partial charge on any atom is -0.368 e. The molecule has 0 bridgehead atoms. The first-order chi connectivity index (χ1) is 12.6. The molecular weight excluding hydrogens is 324 g/mol. The van der Waals surface area contributed by atoms with Crippen molar-refractivity contribution in [2.45, 2.75) is 44.6 Å². The van der Waals surface area contributed by atoms with Crippen molar-refractivity contribution >= 4 is 11.8 Å². The van der Waals surface area contributed by atoms with Gasteiger partial charge in [-0.2, -0.15) is 0 Å². The van der Waals surface area contributed by atoms with Crippen LogP contribution in [-0.2, 0) is 16.0 Å². The fourth-order valence-electron chi connectivity index (χ4n) is 3.58. The molecule has 1 saturated carbocycles. The number of nitrogens with one attached hydrogen (secondary N) is 1. The van der Waals surface area contributed by atoms with Gasteiger partial charge in [-0.05, 0) is 29.5 Å². The predicted octanol–water partition coefficient (Wildman–Crippen LogP) is 3.45. The zero-order valence-electron chi connectivity index (χ0n) is 15.0. The minimum atomic E-state index is -0.660. The summed E-state index contributed by atoms with van der Waals surface area (Å²) in [5.74, 6) is -0.498. The van der Waals surface area contributed by atoms with E-state index in [1.807, 2.05) is 42.5 Å². The fourth-order valence-corrected chi connectivity index (χ4v) is 3.58. The number of amides is 2. The average molecular weight is 350 g/mol. The van der Waals surface area contributed by atoms with Gasteiger partial charge < -0.3 is 11.1 Å². The molecule has 2 aromatic rings. The summed E-state index contributed by atoms with van der Waals surface area (Å²) in [7, 11) is 0. The number of hydrogen-bond donors (Lipinski definition) is 2. The lowest BCUT2D eigenvalue weighted by Gasteiger charge is -2.23. The van der Waals surface area contributed by atoms with Gasteiger partial charge in [-0.25, -0.2) is 0 Å². The van der Waals surface area contributed by atoms with Crippen LogP contribution in [0.4, 0.5) is 0 Å². The lowest BCUT2D eigenvalue weighted by atomic mass is 9.88. The first kappa shape index (κ1) is 18.2. The Morgan fingerprint density at radius 2 is 1.54 bits per heavy atom. The summed E-state index contributed by atoms with van der Waals surface area (Å²) < 4.78 is 0. The molecule has 0 aromatic heterocycles. The number of nitrogens with two attached hydrogens (primary N) is 1. The normalized spacial score (nSPS) is 16.0. The fraction of sp³-hybridized carbons (Fsp3) is 0.364. The van der Waals surface area contributed by atoms with Gasteiger partial charge in [-0.1, -0.05) is 73.9 Å². The Bertz CT molecular complexity index is 734. The van der Waals surface area contributed by atoms with Gasteiger partial charge in [-0.15, -0.1) is 0 Å². The number of primary amides is 1. The molecule has 1 atom stereocenters. The Morgan fingerprint density at radius 1 is 0.923 bits per heavy atom. The van der Waals surface area contributed by atoms with Crippen molar-refractivity contribution in [2.24, 2.45) is 11.7 Å². The molecule has 1 aliphatic carbocycles. The van der Waals surface area contributed by atoms with Crippen molar-refractivity contribution in [3.8, 4) is 11.1 Å². The third-order valence-corrected chi connectivity index (χ3v) is 5.14. The van der Waals surface area contributed by atoms with Crippen LogP contribution in [0, 0.1) is 5.92 Å². The highest BCUT2D eigenvalue weighted by Crippen LogP contribution is 2.24. The maximum atomic E-state index is 12.4. The third-order valence-electron chi connectivity index (χ3n) is 5.14. The highest BCUT2D eigenvalue weighted by atomic mass is 16.2. The van der Waals surface area contributed by atoms with E-state index in [1.54, 1.807) is 0 Å². The van der Waals surface area contributed by atoms with Gasteiger partial charge in [0, 0.05) is 12.3 Å². The molecule has 0 radical (unpaired) electrons. The molecule has 0 unspecified atom stereocenters. The maximum absolute atomic E-state index is 12.4. The molecule has 2 aromatic carbocycles. The van der Waals surface area contributed by atoms with E-state index in [0.717, 1.165) is 42.4 Å². The summed E-state index contributed by atoms with van der Waals surface area (Å²) in [4.78, 5) is 24.2. The van der Waals surface area contributed by atoms with E-state index in [9.17, 15) is 9.59 Å². The van der Waals surface area contributed by atoms with Gasteiger partial charge in [0.2, 0.25) is 11.8 Å². The van der Waals surface area contributed by atoms with E-state index in [4.69, 9.17) is 5.73 Å². The molecular formula is C22H26N2O2. The van der Waals surface area contributed by atoms with Crippen molar-refractivity contribution in [1.29, 1.82) is 0 Å². The second kappa shape index (κ2) is 8.65.